The van der Waals surface area contributed by atoms with Gasteiger partial charge in [-0.25, -0.2) is 0 Å². The van der Waals surface area contributed by atoms with Gasteiger partial charge < -0.3 is 19.6 Å². The molecular weight excluding hydrogens is 548 g/mol. The summed E-state index contributed by atoms with van der Waals surface area (Å²) in [6, 6.07) is 3.00. The van der Waals surface area contributed by atoms with E-state index in [4.69, 9.17) is 0 Å². The zero-order chi connectivity index (χ0) is 34.4. The summed E-state index contributed by atoms with van der Waals surface area (Å²) < 4.78 is 0. The average molecular weight is 635 g/mol. The monoisotopic (exact) mass is 635 g/mol. The highest BCUT2D eigenvalue weighted by Crippen LogP contribution is 2.27. The third-order valence-corrected chi connectivity index (χ3v) is 12.0. The van der Waals surface area contributed by atoms with Crippen molar-refractivity contribution in [2.45, 2.75) is 167 Å². The van der Waals surface area contributed by atoms with E-state index >= 15 is 0 Å². The Bertz CT molecular complexity index is 657. The molecule has 0 aromatic carbocycles. The van der Waals surface area contributed by atoms with Gasteiger partial charge in [0.1, 0.15) is 0 Å². The van der Waals surface area contributed by atoms with Crippen LogP contribution in [0.15, 0.2) is 0 Å². The molecule has 4 nitrogen and oxygen atoms in total. The Kier molecular flexibility index (Phi) is 20.7. The zero-order valence-corrected chi connectivity index (χ0v) is 33.9. The van der Waals surface area contributed by atoms with E-state index in [1.165, 1.54) is 84.5 Å². The maximum Gasteiger partial charge on any atom is 0.00388 e. The highest BCUT2D eigenvalue weighted by atomic mass is 15.2. The van der Waals surface area contributed by atoms with E-state index in [9.17, 15) is 0 Å². The SMILES string of the molecule is CC(C)C1CCCN(C(C)C)C1.CC(C)C1CCN(C(C)C)C1.CC(C)C1CCN(C(C)C)CC1.CC(C)C1CN(C(C)C)C1. The topological polar surface area (TPSA) is 13.0 Å². The number of likely N-dealkylation sites (tertiary alicyclic amines) is 4. The number of rotatable bonds is 8. The molecule has 4 heteroatoms. The molecule has 2 unspecified atom stereocenters. The predicted molar refractivity (Wildman–Crippen MR) is 203 cm³/mol. The zero-order valence-electron chi connectivity index (χ0n) is 33.9. The number of hydrogen-bond donors (Lipinski definition) is 0. The summed E-state index contributed by atoms with van der Waals surface area (Å²) >= 11 is 0. The molecule has 0 spiro atoms. The normalized spacial score (nSPS) is 24.8. The molecule has 4 aliphatic heterocycles. The molecule has 0 bridgehead atoms. The number of piperidine rings is 2. The summed E-state index contributed by atoms with van der Waals surface area (Å²) in [7, 11) is 0. The summed E-state index contributed by atoms with van der Waals surface area (Å²) in [6.45, 7) is 47.7. The molecule has 0 saturated carbocycles. The van der Waals surface area contributed by atoms with Crippen molar-refractivity contribution in [1.82, 2.24) is 19.6 Å². The number of nitrogens with zero attached hydrogens (tertiary/aromatic N) is 4. The third kappa shape index (κ3) is 16.2. The van der Waals surface area contributed by atoms with E-state index in [0.29, 0.717) is 0 Å². The molecule has 2 atom stereocenters. The first kappa shape index (κ1) is 42.9. The lowest BCUT2D eigenvalue weighted by Crippen LogP contribution is -2.51. The lowest BCUT2D eigenvalue weighted by molar-refractivity contribution is 0.0408. The lowest BCUT2D eigenvalue weighted by atomic mass is 9.86. The van der Waals surface area contributed by atoms with E-state index in [1.807, 2.05) is 0 Å². The molecular formula is C41H86N4. The van der Waals surface area contributed by atoms with Crippen molar-refractivity contribution in [3.05, 3.63) is 0 Å². The third-order valence-electron chi connectivity index (χ3n) is 12.0. The van der Waals surface area contributed by atoms with E-state index in [1.54, 1.807) is 0 Å². The van der Waals surface area contributed by atoms with Crippen molar-refractivity contribution >= 4 is 0 Å². The summed E-state index contributed by atoms with van der Waals surface area (Å²) in [6.07, 6.45) is 7.09. The highest BCUT2D eigenvalue weighted by Gasteiger charge is 2.30. The first-order valence-electron chi connectivity index (χ1n) is 19.9. The van der Waals surface area contributed by atoms with Crippen LogP contribution < -0.4 is 0 Å². The van der Waals surface area contributed by atoms with Gasteiger partial charge in [0.15, 0.2) is 0 Å². The average Bonchev–Trinajstić information content (AvgIpc) is 3.44. The van der Waals surface area contributed by atoms with Crippen LogP contribution in [0, 0.1) is 47.3 Å². The fraction of sp³-hybridized carbons (Fsp3) is 1.00. The minimum absolute atomic E-state index is 0.742. The van der Waals surface area contributed by atoms with Crippen LogP contribution in [-0.4, -0.2) is 96.1 Å². The van der Waals surface area contributed by atoms with Crippen LogP contribution in [0.25, 0.3) is 0 Å². The van der Waals surface area contributed by atoms with E-state index < -0.39 is 0 Å². The molecule has 0 N–H and O–H groups in total. The Labute approximate surface area is 285 Å². The van der Waals surface area contributed by atoms with Gasteiger partial charge in [-0.05, 0) is 161 Å². The van der Waals surface area contributed by atoms with Crippen LogP contribution in [0.3, 0.4) is 0 Å². The molecule has 4 heterocycles. The van der Waals surface area contributed by atoms with Crippen LogP contribution >= 0.6 is 0 Å². The first-order chi connectivity index (χ1) is 20.9. The van der Waals surface area contributed by atoms with Gasteiger partial charge in [-0.15, -0.1) is 0 Å². The van der Waals surface area contributed by atoms with Crippen molar-refractivity contribution in [3.63, 3.8) is 0 Å². The smallest absolute Gasteiger partial charge is 0.00388 e. The van der Waals surface area contributed by atoms with Crippen molar-refractivity contribution in [2.75, 3.05) is 52.4 Å². The molecule has 0 aliphatic carbocycles. The largest absolute Gasteiger partial charge is 0.301 e. The molecule has 4 aliphatic rings. The second kappa shape index (κ2) is 21.7. The number of hydrogen-bond acceptors (Lipinski definition) is 4. The van der Waals surface area contributed by atoms with Gasteiger partial charge >= 0.3 is 0 Å². The fourth-order valence-corrected chi connectivity index (χ4v) is 7.38. The Morgan fingerprint density at radius 3 is 0.956 bits per heavy atom. The molecule has 4 saturated heterocycles. The predicted octanol–water partition coefficient (Wildman–Crippen LogP) is 9.88. The van der Waals surface area contributed by atoms with Crippen molar-refractivity contribution < 1.29 is 0 Å². The van der Waals surface area contributed by atoms with Crippen LogP contribution in [0.1, 0.15) is 143 Å². The Morgan fingerprint density at radius 1 is 0.311 bits per heavy atom. The van der Waals surface area contributed by atoms with E-state index in [2.05, 4.69) is 130 Å². The van der Waals surface area contributed by atoms with Crippen molar-refractivity contribution in [3.8, 4) is 0 Å². The van der Waals surface area contributed by atoms with Crippen LogP contribution in [0.2, 0.25) is 0 Å². The van der Waals surface area contributed by atoms with Gasteiger partial charge in [-0.2, -0.15) is 0 Å². The van der Waals surface area contributed by atoms with E-state index in [-0.39, 0.29) is 0 Å². The minimum Gasteiger partial charge on any atom is -0.301 e. The summed E-state index contributed by atoms with van der Waals surface area (Å²) in [5.74, 6) is 7.38. The molecule has 0 radical (unpaired) electrons. The van der Waals surface area contributed by atoms with Gasteiger partial charge in [-0.1, -0.05) is 55.4 Å². The molecule has 0 aromatic rings. The molecule has 4 fully saturated rings. The second-order valence-corrected chi connectivity index (χ2v) is 17.9. The van der Waals surface area contributed by atoms with Crippen molar-refractivity contribution in [2.24, 2.45) is 47.3 Å². The van der Waals surface area contributed by atoms with Gasteiger partial charge in [0.2, 0.25) is 0 Å². The van der Waals surface area contributed by atoms with Crippen molar-refractivity contribution in [1.29, 1.82) is 0 Å². The van der Waals surface area contributed by atoms with Gasteiger partial charge in [-0.3, -0.25) is 0 Å². The molecule has 0 aromatic heterocycles. The highest BCUT2D eigenvalue weighted by molar-refractivity contribution is 4.83. The lowest BCUT2D eigenvalue weighted by Gasteiger charge is -2.44. The van der Waals surface area contributed by atoms with Crippen LogP contribution in [-0.2, 0) is 0 Å². The van der Waals surface area contributed by atoms with Gasteiger partial charge in [0.05, 0.1) is 0 Å². The Morgan fingerprint density at radius 2 is 0.622 bits per heavy atom. The summed E-state index contributed by atoms with van der Waals surface area (Å²) in [5, 5.41) is 0. The molecule has 270 valence electrons. The molecule has 45 heavy (non-hydrogen) atoms. The Hall–Kier alpha value is -0.160. The molecule has 0 amide bonds. The second-order valence-electron chi connectivity index (χ2n) is 17.9. The van der Waals surface area contributed by atoms with E-state index in [0.717, 1.165) is 71.5 Å². The quantitative estimate of drug-likeness (QED) is 0.263. The van der Waals surface area contributed by atoms with Crippen LogP contribution in [0.4, 0.5) is 0 Å². The Balaban J connectivity index is 0.000000301. The summed E-state index contributed by atoms with van der Waals surface area (Å²) in [4.78, 5) is 10.3. The molecule has 4 rings (SSSR count). The van der Waals surface area contributed by atoms with Gasteiger partial charge in [0, 0.05) is 50.3 Å². The summed E-state index contributed by atoms with van der Waals surface area (Å²) in [5.41, 5.74) is 0. The van der Waals surface area contributed by atoms with Crippen LogP contribution in [0.5, 0.6) is 0 Å². The minimum atomic E-state index is 0.742. The maximum absolute atomic E-state index is 2.62. The standard InChI is InChI=1S/2C11H23N.C10H21N.C9H19N/c1-9(2)11-5-7-12(8-6-11)10(3)4;1-9(2)11-6-5-7-12(8-11)10(3)4;1-8(2)10-5-6-11(7-10)9(3)4;1-7(2)9-5-10(6-9)8(3)4/h2*9-11H,5-8H2,1-4H3;8-10H,5-7H2,1-4H3;7-9H,5-6H2,1-4H3. The first-order valence-corrected chi connectivity index (χ1v) is 19.9. The maximum atomic E-state index is 2.62. The fourth-order valence-electron chi connectivity index (χ4n) is 7.38. The van der Waals surface area contributed by atoms with Gasteiger partial charge in [0.25, 0.3) is 0 Å².